The fourth-order valence-electron chi connectivity index (χ4n) is 4.52. The first kappa shape index (κ1) is 21.7. The first-order chi connectivity index (χ1) is 16.2. The van der Waals surface area contributed by atoms with E-state index in [-0.39, 0.29) is 21.1 Å². The van der Waals surface area contributed by atoms with Gasteiger partial charge in [0, 0.05) is 24.7 Å². The van der Waals surface area contributed by atoms with Crippen LogP contribution in [0, 0.1) is 16.7 Å². The number of imidazole rings is 1. The summed E-state index contributed by atoms with van der Waals surface area (Å²) in [5.74, 6) is 0.251. The Labute approximate surface area is 197 Å². The fourth-order valence-corrected chi connectivity index (χ4v) is 6.58. The van der Waals surface area contributed by atoms with Crippen LogP contribution in [0.5, 0.6) is 0 Å². The van der Waals surface area contributed by atoms with Crippen LogP contribution < -0.4 is 10.0 Å². The quantitative estimate of drug-likeness (QED) is 0.530. The SMILES string of the molecule is N#CC1(NS(=O)(=O)c2ccc3c(C4=CCC5(CNC5)C4)nc(-c4nnc(C(F)F)s4)n3c2)CC1. The number of sulfonamides is 1. The molecule has 2 fully saturated rings. The number of nitrogens with one attached hydrogen (secondary N) is 2. The maximum atomic E-state index is 13.2. The van der Waals surface area contributed by atoms with Crippen LogP contribution in [-0.4, -0.2) is 46.6 Å². The van der Waals surface area contributed by atoms with Crippen molar-refractivity contribution in [2.45, 2.75) is 42.5 Å². The standard InChI is InChI=1S/C21H19F2N7O2S2/c22-16(23)18-27-28-19(33-18)17-26-15(12-3-4-20(7-12)10-25-11-20)14-2-1-13(8-30(14)17)34(31,32)29-21(9-24)5-6-21/h1-3,8,16,25,29H,4-7,10-11H2. The Morgan fingerprint density at radius 3 is 2.65 bits per heavy atom. The number of nitrogens with zero attached hydrogens (tertiary/aromatic N) is 5. The van der Waals surface area contributed by atoms with Crippen LogP contribution in [0.15, 0.2) is 29.3 Å². The highest BCUT2D eigenvalue weighted by atomic mass is 32.2. The summed E-state index contributed by atoms with van der Waals surface area (Å²) in [6.45, 7) is 1.85. The maximum absolute atomic E-state index is 13.2. The third-order valence-corrected chi connectivity index (χ3v) is 9.13. The molecule has 2 aliphatic carbocycles. The van der Waals surface area contributed by atoms with Gasteiger partial charge in [-0.3, -0.25) is 4.40 Å². The second-order valence-corrected chi connectivity index (χ2v) is 11.9. The molecule has 0 atom stereocenters. The van der Waals surface area contributed by atoms with Gasteiger partial charge < -0.3 is 5.32 Å². The van der Waals surface area contributed by atoms with Crippen LogP contribution in [-0.2, 0) is 10.0 Å². The predicted octanol–water partition coefficient (Wildman–Crippen LogP) is 2.89. The number of rotatable bonds is 6. The molecule has 0 radical (unpaired) electrons. The summed E-state index contributed by atoms with van der Waals surface area (Å²) in [7, 11) is -3.99. The first-order valence-electron chi connectivity index (χ1n) is 10.7. The molecular formula is C21H19F2N7O2S2. The molecule has 1 saturated carbocycles. The highest BCUT2D eigenvalue weighted by Gasteiger charge is 2.47. The average Bonchev–Trinajstić information content (AvgIpc) is 3.18. The molecule has 3 aromatic heterocycles. The van der Waals surface area contributed by atoms with E-state index in [1.54, 1.807) is 10.5 Å². The number of fused-ring (bicyclic) bond motifs is 1. The molecule has 2 N–H and O–H groups in total. The highest BCUT2D eigenvalue weighted by Crippen LogP contribution is 2.45. The van der Waals surface area contributed by atoms with Gasteiger partial charge in [-0.2, -0.15) is 9.98 Å². The van der Waals surface area contributed by atoms with Crippen molar-refractivity contribution in [3.8, 4) is 16.9 Å². The summed E-state index contributed by atoms with van der Waals surface area (Å²) in [6.07, 6.45) is 3.45. The fraction of sp³-hybridized carbons (Fsp3) is 0.429. The van der Waals surface area contributed by atoms with E-state index in [4.69, 9.17) is 4.98 Å². The molecule has 3 aromatic rings. The zero-order valence-electron chi connectivity index (χ0n) is 17.8. The van der Waals surface area contributed by atoms with E-state index in [1.807, 2.05) is 6.07 Å². The molecule has 6 rings (SSSR count). The zero-order valence-corrected chi connectivity index (χ0v) is 19.4. The Morgan fingerprint density at radius 2 is 2.06 bits per heavy atom. The molecule has 34 heavy (non-hydrogen) atoms. The Bertz CT molecular complexity index is 1490. The van der Waals surface area contributed by atoms with Crippen molar-refractivity contribution >= 4 is 32.4 Å². The van der Waals surface area contributed by atoms with E-state index >= 15 is 0 Å². The lowest BCUT2D eigenvalue weighted by atomic mass is 9.78. The topological polar surface area (TPSA) is 125 Å². The van der Waals surface area contributed by atoms with E-state index in [9.17, 15) is 22.5 Å². The van der Waals surface area contributed by atoms with Crippen LogP contribution in [0.3, 0.4) is 0 Å². The average molecular weight is 504 g/mol. The molecule has 0 bridgehead atoms. The molecule has 0 aromatic carbocycles. The Balaban J connectivity index is 1.47. The van der Waals surface area contributed by atoms with Gasteiger partial charge in [0.05, 0.1) is 22.2 Å². The van der Waals surface area contributed by atoms with Crippen LogP contribution in [0.2, 0.25) is 0 Å². The number of halogens is 2. The van der Waals surface area contributed by atoms with Crippen LogP contribution in [0.4, 0.5) is 8.78 Å². The summed E-state index contributed by atoms with van der Waals surface area (Å²) in [5.41, 5.74) is 1.49. The molecule has 3 aliphatic rings. The summed E-state index contributed by atoms with van der Waals surface area (Å²) >= 11 is 0.724. The van der Waals surface area contributed by atoms with Crippen molar-refractivity contribution in [2.24, 2.45) is 5.41 Å². The lowest BCUT2D eigenvalue weighted by molar-refractivity contribution is 0.150. The van der Waals surface area contributed by atoms with E-state index in [0.717, 1.165) is 42.8 Å². The molecule has 1 spiro atoms. The minimum Gasteiger partial charge on any atom is -0.315 e. The molecular weight excluding hydrogens is 484 g/mol. The predicted molar refractivity (Wildman–Crippen MR) is 119 cm³/mol. The van der Waals surface area contributed by atoms with E-state index in [0.29, 0.717) is 24.1 Å². The Kier molecular flexibility index (Phi) is 4.70. The van der Waals surface area contributed by atoms with Gasteiger partial charge in [-0.05, 0) is 43.4 Å². The normalized spacial score (nSPS) is 20.5. The Hall–Kier alpha value is -2.79. The van der Waals surface area contributed by atoms with Crippen LogP contribution in [0.1, 0.15) is 42.8 Å². The summed E-state index contributed by atoms with van der Waals surface area (Å²) in [4.78, 5) is 4.68. The van der Waals surface area contributed by atoms with Crippen LogP contribution >= 0.6 is 11.3 Å². The summed E-state index contributed by atoms with van der Waals surface area (Å²) in [6, 6.07) is 5.15. The summed E-state index contributed by atoms with van der Waals surface area (Å²) in [5, 5.41) is 19.8. The van der Waals surface area contributed by atoms with E-state index < -0.39 is 27.0 Å². The van der Waals surface area contributed by atoms with Gasteiger partial charge in [0.1, 0.15) is 5.54 Å². The smallest absolute Gasteiger partial charge is 0.291 e. The third kappa shape index (κ3) is 3.44. The molecule has 0 unspecified atom stereocenters. The Morgan fingerprint density at radius 1 is 1.26 bits per heavy atom. The number of allylic oxidation sites excluding steroid dienone is 2. The van der Waals surface area contributed by atoms with Gasteiger partial charge in [-0.15, -0.1) is 10.2 Å². The van der Waals surface area contributed by atoms with Gasteiger partial charge in [0.25, 0.3) is 6.43 Å². The van der Waals surface area contributed by atoms with Crippen molar-refractivity contribution in [2.75, 3.05) is 13.1 Å². The first-order valence-corrected chi connectivity index (χ1v) is 13.0. The third-order valence-electron chi connectivity index (χ3n) is 6.68. The second-order valence-electron chi connectivity index (χ2n) is 9.16. The minimum absolute atomic E-state index is 0.0506. The number of hydrogen-bond acceptors (Lipinski definition) is 8. The van der Waals surface area contributed by atoms with E-state index in [2.05, 4.69) is 26.3 Å². The van der Waals surface area contributed by atoms with Gasteiger partial charge in [0.15, 0.2) is 15.8 Å². The maximum Gasteiger partial charge on any atom is 0.291 e. The molecule has 13 heteroatoms. The monoisotopic (exact) mass is 503 g/mol. The van der Waals surface area contributed by atoms with E-state index in [1.165, 1.54) is 12.3 Å². The number of aromatic nitrogens is 4. The largest absolute Gasteiger partial charge is 0.315 e. The number of hydrogen-bond donors (Lipinski definition) is 2. The van der Waals surface area contributed by atoms with Crippen LogP contribution in [0.25, 0.3) is 21.9 Å². The van der Waals surface area contributed by atoms with Gasteiger partial charge in [0.2, 0.25) is 10.0 Å². The highest BCUT2D eigenvalue weighted by molar-refractivity contribution is 7.89. The number of alkyl halides is 2. The molecule has 176 valence electrons. The van der Waals surface area contributed by atoms with Gasteiger partial charge >= 0.3 is 0 Å². The van der Waals surface area contributed by atoms with Crippen molar-refractivity contribution in [1.29, 1.82) is 5.26 Å². The number of nitriles is 1. The van der Waals surface area contributed by atoms with Crippen molar-refractivity contribution in [3.63, 3.8) is 0 Å². The van der Waals surface area contributed by atoms with Crippen molar-refractivity contribution in [1.82, 2.24) is 29.6 Å². The second kappa shape index (κ2) is 7.35. The minimum atomic E-state index is -3.99. The zero-order chi connectivity index (χ0) is 23.7. The van der Waals surface area contributed by atoms with Gasteiger partial charge in [-0.25, -0.2) is 22.2 Å². The molecule has 9 nitrogen and oxygen atoms in total. The lowest BCUT2D eigenvalue weighted by Crippen LogP contribution is -2.51. The lowest BCUT2D eigenvalue weighted by Gasteiger charge is -2.39. The summed E-state index contributed by atoms with van der Waals surface area (Å²) < 4.78 is 56.3. The molecule has 4 heterocycles. The molecule has 1 aliphatic heterocycles. The molecule has 1 saturated heterocycles. The molecule has 0 amide bonds. The van der Waals surface area contributed by atoms with Crippen molar-refractivity contribution < 1.29 is 17.2 Å². The van der Waals surface area contributed by atoms with Gasteiger partial charge in [-0.1, -0.05) is 17.4 Å². The number of pyridine rings is 1. The van der Waals surface area contributed by atoms with Crippen molar-refractivity contribution in [3.05, 3.63) is 35.1 Å².